The number of carbonyl (C=O) groups excluding carboxylic acids is 2. The number of hydrogen-bond acceptors (Lipinski definition) is 5. The van der Waals surface area contributed by atoms with E-state index in [4.69, 9.17) is 13.9 Å². The van der Waals surface area contributed by atoms with Crippen LogP contribution in [0.5, 0.6) is 0 Å². The number of ether oxygens (including phenoxy) is 2. The Morgan fingerprint density at radius 3 is 2.89 bits per heavy atom. The molecule has 94 valence electrons. The van der Waals surface area contributed by atoms with Gasteiger partial charge in [-0.25, -0.2) is 4.79 Å². The lowest BCUT2D eigenvalue weighted by Crippen LogP contribution is -2.14. The average Bonchev–Trinajstić information content (AvgIpc) is 2.89. The summed E-state index contributed by atoms with van der Waals surface area (Å²) in [5.74, 6) is -0.358. The van der Waals surface area contributed by atoms with Gasteiger partial charge in [-0.3, -0.25) is 4.79 Å². The van der Waals surface area contributed by atoms with Crippen LogP contribution in [0.4, 0.5) is 0 Å². The Balaban J connectivity index is 2.24. The van der Waals surface area contributed by atoms with Gasteiger partial charge in [0.15, 0.2) is 5.76 Å². The van der Waals surface area contributed by atoms with Gasteiger partial charge in [-0.05, 0) is 26.0 Å². The molecule has 5 nitrogen and oxygen atoms in total. The number of hydrogen-bond donors (Lipinski definition) is 0. The Hall–Kier alpha value is -2.30. The molecule has 2 rings (SSSR count). The zero-order valence-electron chi connectivity index (χ0n) is 10.1. The number of esters is 1. The summed E-state index contributed by atoms with van der Waals surface area (Å²) in [6.07, 6.45) is 2.93. The molecule has 1 aliphatic rings. The molecule has 0 aliphatic carbocycles. The van der Waals surface area contributed by atoms with Crippen molar-refractivity contribution in [3.63, 3.8) is 0 Å². The zero-order chi connectivity index (χ0) is 13.1. The van der Waals surface area contributed by atoms with E-state index in [9.17, 15) is 9.59 Å². The molecule has 5 heteroatoms. The molecule has 0 N–H and O–H groups in total. The Labute approximate surface area is 104 Å². The smallest absolute Gasteiger partial charge is 0.345 e. The largest absolute Gasteiger partial charge is 0.465 e. The van der Waals surface area contributed by atoms with E-state index in [1.54, 1.807) is 26.0 Å². The van der Waals surface area contributed by atoms with Crippen molar-refractivity contribution in [1.29, 1.82) is 0 Å². The number of Topliss-reactive ketones (excluding diaryl/α,β-unsaturated/α-hetero) is 1. The highest BCUT2D eigenvalue weighted by molar-refractivity contribution is 6.26. The van der Waals surface area contributed by atoms with Crippen LogP contribution in [0.1, 0.15) is 19.6 Å². The highest BCUT2D eigenvalue weighted by Crippen LogP contribution is 2.27. The summed E-state index contributed by atoms with van der Waals surface area (Å²) in [6.45, 7) is 3.43. The molecular formula is C13H12O5. The van der Waals surface area contributed by atoms with Crippen LogP contribution in [-0.4, -0.2) is 18.4 Å². The van der Waals surface area contributed by atoms with Crippen molar-refractivity contribution >= 4 is 17.8 Å². The van der Waals surface area contributed by atoms with Crippen LogP contribution >= 0.6 is 0 Å². The molecule has 0 bridgehead atoms. The van der Waals surface area contributed by atoms with Crippen molar-refractivity contribution in [3.8, 4) is 0 Å². The molecule has 1 aliphatic heterocycles. The van der Waals surface area contributed by atoms with Crippen molar-refractivity contribution in [1.82, 2.24) is 0 Å². The predicted molar refractivity (Wildman–Crippen MR) is 62.1 cm³/mol. The topological polar surface area (TPSA) is 65.7 Å². The van der Waals surface area contributed by atoms with Crippen LogP contribution in [0.2, 0.25) is 0 Å². The summed E-state index contributed by atoms with van der Waals surface area (Å²) in [7, 11) is 0. The van der Waals surface area contributed by atoms with Gasteiger partial charge in [-0.15, -0.1) is 0 Å². The molecular weight excluding hydrogens is 236 g/mol. The van der Waals surface area contributed by atoms with E-state index < -0.39 is 11.8 Å². The second-order valence-electron chi connectivity index (χ2n) is 3.61. The molecule has 0 saturated heterocycles. The Morgan fingerprint density at radius 2 is 2.28 bits per heavy atom. The van der Waals surface area contributed by atoms with E-state index >= 15 is 0 Å². The van der Waals surface area contributed by atoms with Gasteiger partial charge in [0.1, 0.15) is 17.1 Å². The molecule has 0 unspecified atom stereocenters. The van der Waals surface area contributed by atoms with Crippen molar-refractivity contribution in [3.05, 3.63) is 41.2 Å². The first-order valence-corrected chi connectivity index (χ1v) is 5.49. The molecule has 0 fully saturated rings. The molecule has 18 heavy (non-hydrogen) atoms. The quantitative estimate of drug-likeness (QED) is 0.465. The van der Waals surface area contributed by atoms with Gasteiger partial charge in [0.2, 0.25) is 5.78 Å². The van der Waals surface area contributed by atoms with Gasteiger partial charge in [-0.1, -0.05) is 0 Å². The molecule has 0 radical (unpaired) electrons. The minimum atomic E-state index is -0.664. The molecule has 0 amide bonds. The Morgan fingerprint density at radius 1 is 1.50 bits per heavy atom. The third-order valence-corrected chi connectivity index (χ3v) is 2.36. The van der Waals surface area contributed by atoms with Crippen LogP contribution in [0.25, 0.3) is 6.08 Å². The van der Waals surface area contributed by atoms with E-state index in [-0.39, 0.29) is 23.7 Å². The minimum absolute atomic E-state index is 0.0605. The maximum Gasteiger partial charge on any atom is 0.345 e. The van der Waals surface area contributed by atoms with Crippen LogP contribution in [0, 0.1) is 0 Å². The molecule has 1 aromatic heterocycles. The van der Waals surface area contributed by atoms with Gasteiger partial charge < -0.3 is 13.9 Å². The summed E-state index contributed by atoms with van der Waals surface area (Å²) in [4.78, 5) is 23.5. The lowest BCUT2D eigenvalue weighted by molar-refractivity contribution is -0.139. The summed E-state index contributed by atoms with van der Waals surface area (Å²) in [5.41, 5.74) is -0.0605. The van der Waals surface area contributed by atoms with E-state index in [1.807, 2.05) is 0 Å². The van der Waals surface area contributed by atoms with Gasteiger partial charge in [0, 0.05) is 6.08 Å². The van der Waals surface area contributed by atoms with Gasteiger partial charge in [0.25, 0.3) is 0 Å². The van der Waals surface area contributed by atoms with Crippen LogP contribution in [0.15, 0.2) is 39.9 Å². The number of carbonyl (C=O) groups is 2. The number of furan rings is 1. The van der Waals surface area contributed by atoms with Crippen molar-refractivity contribution in [2.75, 3.05) is 6.61 Å². The normalized spacial score (nSPS) is 17.2. The van der Waals surface area contributed by atoms with E-state index in [1.165, 1.54) is 12.3 Å². The molecule has 0 spiro atoms. The third kappa shape index (κ3) is 2.20. The molecule has 0 atom stereocenters. The highest BCUT2D eigenvalue weighted by Gasteiger charge is 2.34. The van der Waals surface area contributed by atoms with Crippen LogP contribution in [-0.2, 0) is 19.1 Å². The summed E-state index contributed by atoms with van der Waals surface area (Å²) < 4.78 is 15.1. The monoisotopic (exact) mass is 248 g/mol. The predicted octanol–water partition coefficient (Wildman–Crippen LogP) is 2.06. The summed E-state index contributed by atoms with van der Waals surface area (Å²) >= 11 is 0. The van der Waals surface area contributed by atoms with Crippen LogP contribution < -0.4 is 0 Å². The van der Waals surface area contributed by atoms with Gasteiger partial charge in [-0.2, -0.15) is 0 Å². The Kier molecular flexibility index (Phi) is 3.32. The second-order valence-corrected chi connectivity index (χ2v) is 3.61. The highest BCUT2D eigenvalue weighted by atomic mass is 16.5. The third-order valence-electron chi connectivity index (χ3n) is 2.36. The van der Waals surface area contributed by atoms with Crippen molar-refractivity contribution in [2.24, 2.45) is 0 Å². The molecule has 1 aromatic rings. The van der Waals surface area contributed by atoms with Crippen LogP contribution in [0.3, 0.4) is 0 Å². The second kappa shape index (κ2) is 4.91. The van der Waals surface area contributed by atoms with Gasteiger partial charge in [0.05, 0.1) is 12.9 Å². The molecule has 2 heterocycles. The van der Waals surface area contributed by atoms with Crippen molar-refractivity contribution < 1.29 is 23.5 Å². The maximum atomic E-state index is 12.0. The first-order chi connectivity index (χ1) is 8.63. The number of allylic oxidation sites excluding steroid dienone is 2. The van der Waals surface area contributed by atoms with E-state index in [0.717, 1.165) is 0 Å². The van der Waals surface area contributed by atoms with Crippen molar-refractivity contribution in [2.45, 2.75) is 13.8 Å². The van der Waals surface area contributed by atoms with E-state index in [2.05, 4.69) is 0 Å². The molecule has 0 saturated carbocycles. The average molecular weight is 248 g/mol. The number of ketones is 1. The maximum absolute atomic E-state index is 12.0. The summed E-state index contributed by atoms with van der Waals surface area (Å²) in [5, 5.41) is 0. The fourth-order valence-electron chi connectivity index (χ4n) is 1.58. The fourth-order valence-corrected chi connectivity index (χ4v) is 1.58. The number of rotatable bonds is 3. The summed E-state index contributed by atoms with van der Waals surface area (Å²) in [6, 6.07) is 3.37. The lowest BCUT2D eigenvalue weighted by Gasteiger charge is -1.99. The SMILES string of the molecule is CCOC(=O)C1=C(C)O/C(=C\c2ccco2)C1=O. The standard InChI is InChI=1S/C13H12O5/c1-3-16-13(15)11-8(2)18-10(12(11)14)7-9-5-4-6-17-9/h4-7H,3H2,1-2H3/b10-7-. The zero-order valence-corrected chi connectivity index (χ0v) is 10.1. The first kappa shape index (κ1) is 12.2. The van der Waals surface area contributed by atoms with E-state index in [0.29, 0.717) is 5.76 Å². The first-order valence-electron chi connectivity index (χ1n) is 5.49. The lowest BCUT2D eigenvalue weighted by atomic mass is 10.1. The fraction of sp³-hybridized carbons (Fsp3) is 0.231. The Bertz CT molecular complexity index is 534. The minimum Gasteiger partial charge on any atom is -0.465 e. The molecule has 0 aromatic carbocycles. The van der Waals surface area contributed by atoms with Gasteiger partial charge >= 0.3 is 5.97 Å².